The van der Waals surface area contributed by atoms with Crippen molar-refractivity contribution >= 4 is 23.5 Å². The van der Waals surface area contributed by atoms with E-state index in [1.165, 1.54) is 12.8 Å². The molecule has 0 atom stereocenters. The van der Waals surface area contributed by atoms with Crippen LogP contribution in [-0.2, 0) is 4.74 Å². The molecule has 1 saturated heterocycles. The first kappa shape index (κ1) is 14.3. The number of hydrogen-bond donors (Lipinski definition) is 0. The second kappa shape index (κ2) is 6.86. The number of likely N-dealkylation sites (N-methyl/N-ethyl adjacent to an activating group) is 1. The van der Waals surface area contributed by atoms with E-state index in [1.807, 2.05) is 4.90 Å². The Morgan fingerprint density at radius 2 is 2.00 bits per heavy atom. The zero-order valence-electron chi connectivity index (χ0n) is 11.5. The molecule has 2 rings (SSSR count). The fourth-order valence-electron chi connectivity index (χ4n) is 2.13. The zero-order chi connectivity index (χ0) is 13.7. The number of anilines is 2. The average molecular weight is 286 g/mol. The van der Waals surface area contributed by atoms with E-state index in [0.29, 0.717) is 18.5 Å². The lowest BCUT2D eigenvalue weighted by atomic mass is 10.4. The van der Waals surface area contributed by atoms with Gasteiger partial charge in [-0.1, -0.05) is 0 Å². The summed E-state index contributed by atoms with van der Waals surface area (Å²) in [5.74, 6) is 1.31. The Morgan fingerprint density at radius 1 is 1.26 bits per heavy atom. The van der Waals surface area contributed by atoms with Crippen molar-refractivity contribution in [1.29, 1.82) is 0 Å². The second-order valence-electron chi connectivity index (χ2n) is 4.47. The molecule has 0 aliphatic carbocycles. The predicted octanol–water partition coefficient (Wildman–Crippen LogP) is 1.60. The lowest BCUT2D eigenvalue weighted by Gasteiger charge is -2.22. The third-order valence-corrected chi connectivity index (χ3v) is 3.37. The second-order valence-corrected chi connectivity index (χ2v) is 4.81. The van der Waals surface area contributed by atoms with Crippen LogP contribution in [-0.4, -0.2) is 54.8 Å². The summed E-state index contributed by atoms with van der Waals surface area (Å²) in [7, 11) is 1.68. The van der Waals surface area contributed by atoms with Crippen LogP contribution in [0.1, 0.15) is 19.8 Å². The molecule has 0 unspecified atom stereocenters. The molecule has 0 spiro atoms. The normalized spacial score (nSPS) is 15.0. The van der Waals surface area contributed by atoms with E-state index >= 15 is 0 Å². The predicted molar refractivity (Wildman–Crippen MR) is 76.0 cm³/mol. The third-order valence-electron chi connectivity index (χ3n) is 3.20. The maximum Gasteiger partial charge on any atom is 0.231 e. The van der Waals surface area contributed by atoms with Crippen LogP contribution in [0.4, 0.5) is 11.9 Å². The van der Waals surface area contributed by atoms with Gasteiger partial charge in [-0.25, -0.2) is 0 Å². The fraction of sp³-hybridized carbons (Fsp3) is 0.750. The van der Waals surface area contributed by atoms with Gasteiger partial charge in [0.05, 0.1) is 6.61 Å². The molecular formula is C12H20ClN5O. The summed E-state index contributed by atoms with van der Waals surface area (Å²) >= 11 is 6.02. The van der Waals surface area contributed by atoms with Gasteiger partial charge in [0.25, 0.3) is 0 Å². The molecule has 1 aromatic heterocycles. The highest BCUT2D eigenvalue weighted by atomic mass is 35.5. The first-order chi connectivity index (χ1) is 9.24. The first-order valence-electron chi connectivity index (χ1n) is 6.65. The van der Waals surface area contributed by atoms with Crippen molar-refractivity contribution in [3.05, 3.63) is 5.28 Å². The highest BCUT2D eigenvalue weighted by Gasteiger charge is 2.18. The van der Waals surface area contributed by atoms with Gasteiger partial charge < -0.3 is 14.5 Å². The van der Waals surface area contributed by atoms with Crippen molar-refractivity contribution < 1.29 is 4.74 Å². The van der Waals surface area contributed by atoms with Gasteiger partial charge in [0.1, 0.15) is 0 Å². The lowest BCUT2D eigenvalue weighted by Crippen LogP contribution is -2.30. The van der Waals surface area contributed by atoms with Crippen LogP contribution in [0.15, 0.2) is 0 Å². The molecule has 0 aromatic carbocycles. The van der Waals surface area contributed by atoms with E-state index in [1.54, 1.807) is 7.11 Å². The summed E-state index contributed by atoms with van der Waals surface area (Å²) in [6.07, 6.45) is 2.36. The summed E-state index contributed by atoms with van der Waals surface area (Å²) in [5.41, 5.74) is 0. The quantitative estimate of drug-likeness (QED) is 0.791. The molecule has 1 fully saturated rings. The zero-order valence-corrected chi connectivity index (χ0v) is 12.2. The van der Waals surface area contributed by atoms with E-state index in [2.05, 4.69) is 26.8 Å². The Hall–Kier alpha value is -1.14. The molecule has 1 aliphatic heterocycles. The minimum absolute atomic E-state index is 0.253. The van der Waals surface area contributed by atoms with Gasteiger partial charge >= 0.3 is 0 Å². The van der Waals surface area contributed by atoms with Crippen molar-refractivity contribution in [2.75, 3.05) is 49.7 Å². The first-order valence-corrected chi connectivity index (χ1v) is 7.02. The van der Waals surface area contributed by atoms with Gasteiger partial charge in [-0.05, 0) is 31.4 Å². The van der Waals surface area contributed by atoms with Gasteiger partial charge in [-0.2, -0.15) is 15.0 Å². The van der Waals surface area contributed by atoms with E-state index < -0.39 is 0 Å². The van der Waals surface area contributed by atoms with Crippen molar-refractivity contribution in [2.24, 2.45) is 0 Å². The highest BCUT2D eigenvalue weighted by Crippen LogP contribution is 2.20. The third kappa shape index (κ3) is 3.67. The highest BCUT2D eigenvalue weighted by molar-refractivity contribution is 6.28. The number of aromatic nitrogens is 3. The Labute approximate surface area is 118 Å². The molecule has 19 heavy (non-hydrogen) atoms. The monoisotopic (exact) mass is 285 g/mol. The largest absolute Gasteiger partial charge is 0.383 e. The standard InChI is InChI=1S/C12H20ClN5O/c1-3-17(8-9-19-2)11-14-10(13)15-12(16-11)18-6-4-5-7-18/h3-9H2,1-2H3. The van der Waals surface area contributed by atoms with Crippen LogP contribution in [0.3, 0.4) is 0 Å². The topological polar surface area (TPSA) is 54.4 Å². The number of methoxy groups -OCH3 is 1. The summed E-state index contributed by atoms with van der Waals surface area (Å²) < 4.78 is 5.10. The lowest BCUT2D eigenvalue weighted by molar-refractivity contribution is 0.205. The number of halogens is 1. The SMILES string of the molecule is CCN(CCOC)c1nc(Cl)nc(N2CCCC2)n1. The van der Waals surface area contributed by atoms with Gasteiger partial charge in [0.15, 0.2) is 0 Å². The van der Waals surface area contributed by atoms with E-state index in [4.69, 9.17) is 16.3 Å². The molecule has 0 amide bonds. The van der Waals surface area contributed by atoms with Crippen LogP contribution in [0.5, 0.6) is 0 Å². The number of rotatable bonds is 6. The Balaban J connectivity index is 2.18. The van der Waals surface area contributed by atoms with Crippen LogP contribution < -0.4 is 9.80 Å². The van der Waals surface area contributed by atoms with E-state index in [9.17, 15) is 0 Å². The summed E-state index contributed by atoms with van der Waals surface area (Å²) in [6, 6.07) is 0. The van der Waals surface area contributed by atoms with E-state index in [0.717, 1.165) is 26.2 Å². The Morgan fingerprint density at radius 3 is 2.63 bits per heavy atom. The molecule has 6 nitrogen and oxygen atoms in total. The molecular weight excluding hydrogens is 266 g/mol. The summed E-state index contributed by atoms with van der Waals surface area (Å²) in [5, 5.41) is 0.253. The molecule has 2 heterocycles. The van der Waals surface area contributed by atoms with Gasteiger partial charge in [0.2, 0.25) is 17.2 Å². The molecule has 0 radical (unpaired) electrons. The minimum Gasteiger partial charge on any atom is -0.383 e. The number of ether oxygens (including phenoxy) is 1. The fourth-order valence-corrected chi connectivity index (χ4v) is 2.28. The molecule has 7 heteroatoms. The summed E-state index contributed by atoms with van der Waals surface area (Å²) in [6.45, 7) is 6.23. The number of nitrogens with zero attached hydrogens (tertiary/aromatic N) is 5. The van der Waals surface area contributed by atoms with Crippen LogP contribution in [0, 0.1) is 0 Å². The average Bonchev–Trinajstić information content (AvgIpc) is 2.93. The smallest absolute Gasteiger partial charge is 0.231 e. The Kier molecular flexibility index (Phi) is 5.15. The van der Waals surface area contributed by atoms with Gasteiger partial charge in [0, 0.05) is 33.3 Å². The maximum absolute atomic E-state index is 6.02. The van der Waals surface area contributed by atoms with Crippen LogP contribution >= 0.6 is 11.6 Å². The molecule has 1 aliphatic rings. The summed E-state index contributed by atoms with van der Waals surface area (Å²) in [4.78, 5) is 17.2. The minimum atomic E-state index is 0.253. The Bertz CT molecular complexity index is 411. The molecule has 0 bridgehead atoms. The molecule has 1 aromatic rings. The maximum atomic E-state index is 6.02. The van der Waals surface area contributed by atoms with Crippen molar-refractivity contribution in [1.82, 2.24) is 15.0 Å². The van der Waals surface area contributed by atoms with Gasteiger partial charge in [-0.15, -0.1) is 0 Å². The van der Waals surface area contributed by atoms with E-state index in [-0.39, 0.29) is 5.28 Å². The van der Waals surface area contributed by atoms with Gasteiger partial charge in [-0.3, -0.25) is 0 Å². The van der Waals surface area contributed by atoms with Crippen molar-refractivity contribution in [2.45, 2.75) is 19.8 Å². The molecule has 106 valence electrons. The molecule has 0 N–H and O–H groups in total. The van der Waals surface area contributed by atoms with Crippen molar-refractivity contribution in [3.63, 3.8) is 0 Å². The molecule has 0 saturated carbocycles. The van der Waals surface area contributed by atoms with Crippen molar-refractivity contribution in [3.8, 4) is 0 Å². The van der Waals surface area contributed by atoms with Crippen LogP contribution in [0.2, 0.25) is 5.28 Å². The van der Waals surface area contributed by atoms with Crippen LogP contribution in [0.25, 0.3) is 0 Å². The number of hydrogen-bond acceptors (Lipinski definition) is 6.